The van der Waals surface area contributed by atoms with Crippen molar-refractivity contribution < 1.29 is 13.4 Å². The molecule has 0 amide bonds. The lowest BCUT2D eigenvalue weighted by Gasteiger charge is -2.22. The van der Waals surface area contributed by atoms with Crippen molar-refractivity contribution in [1.29, 1.82) is 0 Å². The molecule has 0 N–H and O–H groups in total. The first-order valence-corrected chi connectivity index (χ1v) is 15.9. The molecule has 0 saturated heterocycles. The van der Waals surface area contributed by atoms with Crippen molar-refractivity contribution in [3.05, 3.63) is 129 Å². The highest BCUT2D eigenvalue weighted by molar-refractivity contribution is 7.19. The second-order valence-electron chi connectivity index (χ2n) is 13.3. The molecule has 0 spiro atoms. The lowest BCUT2D eigenvalue weighted by atomic mass is 9.88. The maximum absolute atomic E-state index is 16.3. The van der Waals surface area contributed by atoms with Gasteiger partial charge in [0.05, 0.1) is 6.72 Å². The minimum Gasteiger partial charge on any atom is -0.286 e. The summed E-state index contributed by atoms with van der Waals surface area (Å²) in [7, 11) is 0. The molecule has 4 heteroatoms. The summed E-state index contributed by atoms with van der Waals surface area (Å²) >= 11 is 1.51. The second-order valence-corrected chi connectivity index (χ2v) is 14.4. The van der Waals surface area contributed by atoms with Crippen molar-refractivity contribution in [2.45, 2.75) is 48.0 Å². The molecule has 0 bridgehead atoms. The van der Waals surface area contributed by atoms with Crippen LogP contribution in [-0.4, -0.2) is 11.3 Å². The van der Waals surface area contributed by atoms with Crippen LogP contribution in [0.2, 0.25) is 0 Å². The van der Waals surface area contributed by atoms with Gasteiger partial charge in [-0.1, -0.05) is 86.3 Å². The first kappa shape index (κ1) is 28.4. The van der Waals surface area contributed by atoms with Gasteiger partial charge in [0.15, 0.2) is 15.6 Å². The molecule has 4 aromatic carbocycles. The summed E-state index contributed by atoms with van der Waals surface area (Å²) in [6.45, 7) is 17.4. The summed E-state index contributed by atoms with van der Waals surface area (Å²) in [4.78, 5) is 1.05. The molecule has 1 aliphatic rings. The number of fused-ring (bicyclic) bond motifs is 4. The maximum atomic E-state index is 16.3. The zero-order valence-electron chi connectivity index (χ0n) is 26.1. The van der Waals surface area contributed by atoms with Gasteiger partial charge in [0.25, 0.3) is 11.3 Å². The highest BCUT2D eigenvalue weighted by atomic mass is 32.1. The summed E-state index contributed by atoms with van der Waals surface area (Å²) in [6, 6.07) is 26.0. The van der Waals surface area contributed by atoms with Crippen molar-refractivity contribution in [2.24, 2.45) is 5.41 Å². The molecule has 1 aliphatic heterocycles. The predicted molar refractivity (Wildman–Crippen MR) is 184 cm³/mol. The van der Waals surface area contributed by atoms with Gasteiger partial charge in [-0.05, 0) is 76.4 Å². The Hall–Kier alpha value is -4.41. The van der Waals surface area contributed by atoms with Crippen LogP contribution in [0.15, 0.2) is 83.4 Å². The van der Waals surface area contributed by atoms with E-state index < -0.39 is 0 Å². The van der Waals surface area contributed by atoms with E-state index in [1.807, 2.05) is 41.1 Å². The fourth-order valence-electron chi connectivity index (χ4n) is 6.40. The Bertz CT molecular complexity index is 2140. The van der Waals surface area contributed by atoms with Crippen molar-refractivity contribution in [3.8, 4) is 22.5 Å². The number of furan rings is 1. The van der Waals surface area contributed by atoms with Gasteiger partial charge in [-0.3, -0.25) is 8.99 Å². The Morgan fingerprint density at radius 3 is 2.48 bits per heavy atom. The van der Waals surface area contributed by atoms with Crippen molar-refractivity contribution >= 4 is 45.2 Å². The molecule has 0 radical (unpaired) electrons. The van der Waals surface area contributed by atoms with E-state index in [0.717, 1.165) is 61.7 Å². The quantitative estimate of drug-likeness (QED) is 0.112. The summed E-state index contributed by atoms with van der Waals surface area (Å²) in [6.07, 6.45) is 5.02. The van der Waals surface area contributed by atoms with E-state index in [0.29, 0.717) is 10.3 Å². The molecular weight excluding hydrogens is 562 g/mol. The first-order chi connectivity index (χ1) is 21.0. The number of halogens is 1. The zero-order chi connectivity index (χ0) is 30.9. The largest absolute Gasteiger partial charge is 0.286 e. The predicted octanol–water partition coefficient (Wildman–Crippen LogP) is 11.3. The Morgan fingerprint density at radius 1 is 0.955 bits per heavy atom. The smallest absolute Gasteiger partial charge is 0.278 e. The van der Waals surface area contributed by atoms with Crippen molar-refractivity contribution in [3.63, 3.8) is 0 Å². The standard InChI is InChI=1S/C40H36FNOS/c1-23-18-24(2)25(3)33(19-23)37-39-32(16-17-42(37)7)31-15-14-30(36(41)38(31)44-39)27-10-12-28(13-11-27)35-21-29-9-8-26(20-34(29)43-35)22-40(4,5)6/h8-21H,7,22H2,1-6H3. The topological polar surface area (TPSA) is 14.3 Å². The highest BCUT2D eigenvalue weighted by Crippen LogP contribution is 2.45. The fourth-order valence-corrected chi connectivity index (χ4v) is 7.70. The van der Waals surface area contributed by atoms with Crippen molar-refractivity contribution in [2.75, 3.05) is 0 Å². The Labute approximate surface area is 262 Å². The third kappa shape index (κ3) is 4.88. The Balaban J connectivity index is 1.24. The molecule has 3 heterocycles. The molecular formula is C40H36FNOS. The van der Waals surface area contributed by atoms with Crippen LogP contribution in [0.1, 0.15) is 59.0 Å². The Morgan fingerprint density at radius 2 is 1.73 bits per heavy atom. The van der Waals surface area contributed by atoms with E-state index in [9.17, 15) is 0 Å². The minimum absolute atomic E-state index is 0.190. The van der Waals surface area contributed by atoms with Crippen LogP contribution in [0.25, 0.3) is 49.6 Å². The fraction of sp³-hybridized carbons (Fsp3) is 0.200. The number of rotatable bonds is 4. The van der Waals surface area contributed by atoms with Gasteiger partial charge >= 0.3 is 0 Å². The van der Waals surface area contributed by atoms with E-state index in [1.165, 1.54) is 33.6 Å². The summed E-state index contributed by atoms with van der Waals surface area (Å²) in [5, 5.41) is 2.02. The molecule has 7 rings (SSSR count). The molecule has 0 atom stereocenters. The van der Waals surface area contributed by atoms with Gasteiger partial charge in [-0.15, -0.1) is 24.3 Å². The van der Waals surface area contributed by atoms with Crippen LogP contribution < -0.4 is 0 Å². The van der Waals surface area contributed by atoms with Crippen molar-refractivity contribution in [1.82, 2.24) is 0 Å². The first-order valence-electron chi connectivity index (χ1n) is 15.1. The van der Waals surface area contributed by atoms with Crippen LogP contribution in [0.3, 0.4) is 0 Å². The van der Waals surface area contributed by atoms with Crippen LogP contribution in [0.5, 0.6) is 0 Å². The SMILES string of the molecule is C=[N+]1C=Cc2c([s+][c-]3c(F)c(-c4ccc(-[c-]5cc6ccc(CC(C)(C)C)cc6[o+]5)cc4)ccc23)[C-]1c1cc(C)cc(C)c1C. The lowest BCUT2D eigenvalue weighted by molar-refractivity contribution is -0.417. The van der Waals surface area contributed by atoms with E-state index in [2.05, 4.69) is 96.8 Å². The molecule has 2 aromatic heterocycles. The number of nitrogens with zero attached hydrogens (tertiary/aromatic N) is 1. The summed E-state index contributed by atoms with van der Waals surface area (Å²) in [5.41, 5.74) is 10.6. The maximum Gasteiger partial charge on any atom is 0.278 e. The molecule has 220 valence electrons. The third-order valence-corrected chi connectivity index (χ3v) is 9.85. The van der Waals surface area contributed by atoms with Gasteiger partial charge in [-0.25, -0.2) is 4.39 Å². The number of aryl methyl sites for hydroxylation is 2. The van der Waals surface area contributed by atoms with Gasteiger partial charge in [0.2, 0.25) is 0 Å². The Kier molecular flexibility index (Phi) is 6.67. The van der Waals surface area contributed by atoms with Crippen LogP contribution >= 0.6 is 11.3 Å². The van der Waals surface area contributed by atoms with Crippen LogP contribution in [-0.2, 0) is 6.42 Å². The molecule has 0 fully saturated rings. The molecule has 2 nitrogen and oxygen atoms in total. The summed E-state index contributed by atoms with van der Waals surface area (Å²) in [5.74, 6) is 0.626. The molecule has 6 aromatic rings. The lowest BCUT2D eigenvalue weighted by Crippen LogP contribution is -2.18. The van der Waals surface area contributed by atoms with Gasteiger partial charge in [-0.2, -0.15) is 0 Å². The number of hydrogen-bond donors (Lipinski definition) is 0. The molecule has 0 unspecified atom stereocenters. The highest BCUT2D eigenvalue weighted by Gasteiger charge is 2.34. The van der Waals surface area contributed by atoms with E-state index in [1.54, 1.807) is 0 Å². The summed E-state index contributed by atoms with van der Waals surface area (Å²) < 4.78 is 25.2. The van der Waals surface area contributed by atoms with Gasteiger partial charge in [0.1, 0.15) is 23.4 Å². The second kappa shape index (κ2) is 10.3. The number of hydrogen-bond acceptors (Lipinski definition) is 0. The van der Waals surface area contributed by atoms with E-state index >= 15 is 4.39 Å². The third-order valence-electron chi connectivity index (χ3n) is 8.63. The average molecular weight is 598 g/mol. The minimum atomic E-state index is -0.190. The van der Waals surface area contributed by atoms with Gasteiger partial charge in [0, 0.05) is 6.07 Å². The van der Waals surface area contributed by atoms with E-state index in [4.69, 9.17) is 4.42 Å². The average Bonchev–Trinajstić information content (AvgIpc) is 3.56. The van der Waals surface area contributed by atoms with Gasteiger partial charge < -0.3 is 0 Å². The molecule has 0 saturated carbocycles. The normalized spacial score (nSPS) is 13.3. The van der Waals surface area contributed by atoms with Crippen LogP contribution in [0.4, 0.5) is 4.39 Å². The number of benzene rings is 4. The number of thiophene rings is 1. The van der Waals surface area contributed by atoms with Crippen LogP contribution in [0, 0.1) is 38.0 Å². The molecule has 44 heavy (non-hydrogen) atoms. The van der Waals surface area contributed by atoms with E-state index in [-0.39, 0.29) is 11.2 Å². The zero-order valence-corrected chi connectivity index (χ0v) is 27.0. The molecule has 0 aliphatic carbocycles. The monoisotopic (exact) mass is 597 g/mol.